The van der Waals surface area contributed by atoms with Gasteiger partial charge in [0, 0.05) is 56.7 Å². The van der Waals surface area contributed by atoms with Gasteiger partial charge in [0.1, 0.15) is 0 Å². The second-order valence-electron chi connectivity index (χ2n) is 6.94. The van der Waals surface area contributed by atoms with E-state index in [4.69, 9.17) is 11.6 Å². The molecule has 0 spiro atoms. The van der Waals surface area contributed by atoms with Gasteiger partial charge in [0.15, 0.2) is 5.96 Å². The van der Waals surface area contributed by atoms with Crippen LogP contribution in [-0.4, -0.2) is 66.6 Å². The Morgan fingerprint density at radius 1 is 1.07 bits per heavy atom. The Morgan fingerprint density at radius 3 is 2.55 bits per heavy atom. The molecule has 8 heteroatoms. The van der Waals surface area contributed by atoms with E-state index >= 15 is 0 Å². The van der Waals surface area contributed by atoms with Crippen molar-refractivity contribution in [2.24, 2.45) is 4.99 Å². The van der Waals surface area contributed by atoms with Gasteiger partial charge in [-0.3, -0.25) is 4.90 Å². The van der Waals surface area contributed by atoms with Crippen LogP contribution in [0.1, 0.15) is 18.9 Å². The molecule has 1 aliphatic rings. The van der Waals surface area contributed by atoms with Crippen LogP contribution >= 0.6 is 11.6 Å². The molecule has 1 saturated heterocycles. The number of guanidine groups is 1. The Balaban J connectivity index is 1.37. The van der Waals surface area contributed by atoms with E-state index in [9.17, 15) is 0 Å². The Hall–Kier alpha value is -2.38. The quantitative estimate of drug-likeness (QED) is 0.392. The first-order valence-electron chi connectivity index (χ1n) is 10.3. The van der Waals surface area contributed by atoms with Gasteiger partial charge in [-0.2, -0.15) is 0 Å². The zero-order valence-corrected chi connectivity index (χ0v) is 17.8. The van der Waals surface area contributed by atoms with Gasteiger partial charge in [0.2, 0.25) is 5.95 Å². The highest BCUT2D eigenvalue weighted by atomic mass is 35.5. The normalized spacial score (nSPS) is 15.4. The van der Waals surface area contributed by atoms with Crippen molar-refractivity contribution in [2.45, 2.75) is 19.9 Å². The van der Waals surface area contributed by atoms with Gasteiger partial charge in [-0.05, 0) is 37.6 Å². The van der Waals surface area contributed by atoms with E-state index in [1.807, 2.05) is 30.3 Å². The number of benzene rings is 1. The summed E-state index contributed by atoms with van der Waals surface area (Å²) in [5, 5.41) is 7.48. The van der Waals surface area contributed by atoms with Crippen LogP contribution < -0.4 is 15.5 Å². The summed E-state index contributed by atoms with van der Waals surface area (Å²) in [7, 11) is 0. The van der Waals surface area contributed by atoms with Gasteiger partial charge >= 0.3 is 0 Å². The molecule has 29 heavy (non-hydrogen) atoms. The number of aliphatic imine (C=N–C) groups is 1. The molecule has 1 aromatic carbocycles. The Bertz CT molecular complexity index is 761. The number of aromatic nitrogens is 2. The van der Waals surface area contributed by atoms with Crippen molar-refractivity contribution < 1.29 is 0 Å². The molecule has 1 aromatic heterocycles. The van der Waals surface area contributed by atoms with Crippen molar-refractivity contribution in [3.05, 3.63) is 53.3 Å². The summed E-state index contributed by atoms with van der Waals surface area (Å²) in [5.74, 6) is 1.66. The first kappa shape index (κ1) is 21.3. The van der Waals surface area contributed by atoms with Crippen molar-refractivity contribution in [1.82, 2.24) is 25.5 Å². The highest BCUT2D eigenvalue weighted by molar-refractivity contribution is 6.31. The lowest BCUT2D eigenvalue weighted by Gasteiger charge is -2.34. The molecule has 0 aliphatic carbocycles. The predicted molar refractivity (Wildman–Crippen MR) is 120 cm³/mol. The summed E-state index contributed by atoms with van der Waals surface area (Å²) in [6.45, 7) is 9.45. The van der Waals surface area contributed by atoms with Crippen LogP contribution in [0.3, 0.4) is 0 Å². The fraction of sp³-hybridized carbons (Fsp3) is 0.476. The smallest absolute Gasteiger partial charge is 0.225 e. The highest BCUT2D eigenvalue weighted by Gasteiger charge is 2.18. The number of hydrogen-bond donors (Lipinski definition) is 2. The van der Waals surface area contributed by atoms with E-state index in [1.54, 1.807) is 12.4 Å². The van der Waals surface area contributed by atoms with E-state index in [0.29, 0.717) is 6.54 Å². The van der Waals surface area contributed by atoms with Crippen molar-refractivity contribution in [3.8, 4) is 0 Å². The standard InChI is InChI=1S/C21H30ClN7/c1-2-23-20(27-17-18-7-3-4-8-19(18)22)24-11-6-12-28-13-15-29(16-14-28)21-25-9-5-10-26-21/h3-5,7-10H,2,6,11-17H2,1H3,(H2,23,24,27). The van der Waals surface area contributed by atoms with Crippen molar-refractivity contribution in [3.63, 3.8) is 0 Å². The summed E-state index contributed by atoms with van der Waals surface area (Å²) < 4.78 is 0. The lowest BCUT2D eigenvalue weighted by molar-refractivity contribution is 0.254. The van der Waals surface area contributed by atoms with Gasteiger partial charge in [0.25, 0.3) is 0 Å². The second-order valence-corrected chi connectivity index (χ2v) is 7.35. The molecule has 0 saturated carbocycles. The SMILES string of the molecule is CCNC(=NCc1ccccc1Cl)NCCCN1CCN(c2ncccn2)CC1. The van der Waals surface area contributed by atoms with Crippen molar-refractivity contribution in [1.29, 1.82) is 0 Å². The third-order valence-electron chi connectivity index (χ3n) is 4.86. The first-order valence-corrected chi connectivity index (χ1v) is 10.6. The Labute approximate surface area is 178 Å². The van der Waals surface area contributed by atoms with Crippen LogP contribution in [-0.2, 0) is 6.54 Å². The number of hydrogen-bond acceptors (Lipinski definition) is 5. The van der Waals surface area contributed by atoms with Crippen LogP contribution in [0.5, 0.6) is 0 Å². The minimum Gasteiger partial charge on any atom is -0.357 e. The number of anilines is 1. The van der Waals surface area contributed by atoms with Crippen LogP contribution in [0.2, 0.25) is 5.02 Å². The molecule has 2 aromatic rings. The second kappa shape index (κ2) is 11.6. The largest absolute Gasteiger partial charge is 0.357 e. The minimum absolute atomic E-state index is 0.568. The minimum atomic E-state index is 0.568. The molecule has 0 amide bonds. The molecule has 0 unspecified atom stereocenters. The van der Waals surface area contributed by atoms with Crippen molar-refractivity contribution >= 4 is 23.5 Å². The number of rotatable bonds is 8. The summed E-state index contributed by atoms with van der Waals surface area (Å²) in [6, 6.07) is 9.69. The van der Waals surface area contributed by atoms with Crippen LogP contribution in [0, 0.1) is 0 Å². The van der Waals surface area contributed by atoms with Gasteiger partial charge in [-0.1, -0.05) is 29.8 Å². The van der Waals surface area contributed by atoms with E-state index in [-0.39, 0.29) is 0 Å². The van der Waals surface area contributed by atoms with Crippen LogP contribution in [0.15, 0.2) is 47.7 Å². The summed E-state index contributed by atoms with van der Waals surface area (Å²) >= 11 is 6.22. The molecule has 156 valence electrons. The average molecular weight is 416 g/mol. The third-order valence-corrected chi connectivity index (χ3v) is 5.23. The van der Waals surface area contributed by atoms with Gasteiger partial charge in [-0.25, -0.2) is 15.0 Å². The van der Waals surface area contributed by atoms with Crippen LogP contribution in [0.4, 0.5) is 5.95 Å². The first-order chi connectivity index (χ1) is 14.3. The van der Waals surface area contributed by atoms with E-state index < -0.39 is 0 Å². The van der Waals surface area contributed by atoms with Crippen LogP contribution in [0.25, 0.3) is 0 Å². The zero-order chi connectivity index (χ0) is 20.3. The topological polar surface area (TPSA) is 68.7 Å². The molecule has 1 fully saturated rings. The summed E-state index contributed by atoms with van der Waals surface area (Å²) in [6.07, 6.45) is 4.67. The number of nitrogens with zero attached hydrogens (tertiary/aromatic N) is 5. The molecule has 3 rings (SSSR count). The number of nitrogens with one attached hydrogen (secondary N) is 2. The monoisotopic (exact) mass is 415 g/mol. The van der Waals surface area contributed by atoms with Crippen molar-refractivity contribution in [2.75, 3.05) is 50.7 Å². The fourth-order valence-corrected chi connectivity index (χ4v) is 3.46. The van der Waals surface area contributed by atoms with Gasteiger partial charge in [-0.15, -0.1) is 0 Å². The Kier molecular flexibility index (Phi) is 8.52. The molecule has 0 atom stereocenters. The average Bonchev–Trinajstić information content (AvgIpc) is 2.77. The molecule has 0 bridgehead atoms. The summed E-state index contributed by atoms with van der Waals surface area (Å²) in [5.41, 5.74) is 1.03. The molecule has 2 N–H and O–H groups in total. The Morgan fingerprint density at radius 2 is 1.83 bits per heavy atom. The molecule has 2 heterocycles. The van der Waals surface area contributed by atoms with Gasteiger partial charge in [0.05, 0.1) is 6.54 Å². The van der Waals surface area contributed by atoms with E-state index in [0.717, 1.165) is 74.7 Å². The van der Waals surface area contributed by atoms with E-state index in [2.05, 4.69) is 42.3 Å². The van der Waals surface area contributed by atoms with Gasteiger partial charge < -0.3 is 15.5 Å². The lowest BCUT2D eigenvalue weighted by atomic mass is 10.2. The maximum atomic E-state index is 6.22. The fourth-order valence-electron chi connectivity index (χ4n) is 3.27. The predicted octanol–water partition coefficient (Wildman–Crippen LogP) is 2.40. The molecule has 0 radical (unpaired) electrons. The maximum Gasteiger partial charge on any atom is 0.225 e. The molecular formula is C21H30ClN7. The summed E-state index contributed by atoms with van der Waals surface area (Å²) in [4.78, 5) is 18.1. The molecule has 1 aliphatic heterocycles. The number of piperazine rings is 1. The molecular weight excluding hydrogens is 386 g/mol. The van der Waals surface area contributed by atoms with E-state index in [1.165, 1.54) is 0 Å². The third kappa shape index (κ3) is 6.87. The highest BCUT2D eigenvalue weighted by Crippen LogP contribution is 2.15. The zero-order valence-electron chi connectivity index (χ0n) is 17.0. The maximum absolute atomic E-state index is 6.22. The number of halogens is 1. The molecule has 7 nitrogen and oxygen atoms in total. The lowest BCUT2D eigenvalue weighted by Crippen LogP contribution is -2.47.